The third-order valence-electron chi connectivity index (χ3n) is 2.37. The van der Waals surface area contributed by atoms with Crippen molar-refractivity contribution in [1.29, 1.82) is 0 Å². The van der Waals surface area contributed by atoms with Crippen molar-refractivity contribution in [3.8, 4) is 0 Å². The lowest BCUT2D eigenvalue weighted by molar-refractivity contribution is 0.596. The van der Waals surface area contributed by atoms with Gasteiger partial charge in [0.2, 0.25) is 0 Å². The molecular weight excluding hydrogens is 198 g/mol. The summed E-state index contributed by atoms with van der Waals surface area (Å²) >= 11 is 0. The van der Waals surface area contributed by atoms with Crippen LogP contribution in [0.3, 0.4) is 0 Å². The smallest absolute Gasteiger partial charge is 0.0609 e. The van der Waals surface area contributed by atoms with Crippen LogP contribution < -0.4 is 5.32 Å². The Hall–Kier alpha value is -1.09. The van der Waals surface area contributed by atoms with Crippen LogP contribution in [-0.4, -0.2) is 22.4 Å². The van der Waals surface area contributed by atoms with E-state index in [0.29, 0.717) is 6.04 Å². The van der Waals surface area contributed by atoms with Crippen molar-refractivity contribution < 1.29 is 0 Å². The Morgan fingerprint density at radius 1 is 1.56 bits per heavy atom. The topological polar surface area (TPSA) is 29.9 Å². The van der Waals surface area contributed by atoms with E-state index in [1.54, 1.807) is 0 Å². The van der Waals surface area contributed by atoms with E-state index >= 15 is 0 Å². The molecule has 16 heavy (non-hydrogen) atoms. The lowest BCUT2D eigenvalue weighted by Crippen LogP contribution is -2.24. The Morgan fingerprint density at radius 3 is 2.94 bits per heavy atom. The Morgan fingerprint density at radius 2 is 2.31 bits per heavy atom. The second kappa shape index (κ2) is 6.48. The molecule has 1 heterocycles. The van der Waals surface area contributed by atoms with Crippen molar-refractivity contribution in [3.05, 3.63) is 23.5 Å². The maximum absolute atomic E-state index is 4.31. The molecule has 0 bridgehead atoms. The maximum atomic E-state index is 4.31. The summed E-state index contributed by atoms with van der Waals surface area (Å²) in [6, 6.07) is 2.60. The van der Waals surface area contributed by atoms with Gasteiger partial charge in [0.25, 0.3) is 0 Å². The van der Waals surface area contributed by atoms with Gasteiger partial charge >= 0.3 is 0 Å². The molecule has 0 saturated heterocycles. The van der Waals surface area contributed by atoms with Gasteiger partial charge in [0, 0.05) is 25.3 Å². The molecule has 0 aliphatic heterocycles. The highest BCUT2D eigenvalue weighted by Gasteiger charge is 1.99. The zero-order valence-corrected chi connectivity index (χ0v) is 10.8. The summed E-state index contributed by atoms with van der Waals surface area (Å²) in [7, 11) is 0. The number of nitrogens with one attached hydrogen (secondary N) is 1. The first kappa shape index (κ1) is 13.0. The molecule has 0 aliphatic rings. The zero-order chi connectivity index (χ0) is 12.0. The van der Waals surface area contributed by atoms with Crippen LogP contribution in [0.25, 0.3) is 6.08 Å². The highest BCUT2D eigenvalue weighted by molar-refractivity contribution is 5.48. The van der Waals surface area contributed by atoms with Crippen LogP contribution in [0.1, 0.15) is 39.8 Å². The number of nitrogens with zero attached hydrogens (tertiary/aromatic N) is 2. The minimum atomic E-state index is 0.531. The second-order valence-corrected chi connectivity index (χ2v) is 4.51. The quantitative estimate of drug-likeness (QED) is 0.800. The Kier molecular flexibility index (Phi) is 5.26. The highest BCUT2D eigenvalue weighted by atomic mass is 15.3. The van der Waals surface area contributed by atoms with Gasteiger partial charge in [0.05, 0.1) is 5.69 Å². The number of aromatic nitrogens is 2. The average molecular weight is 221 g/mol. The van der Waals surface area contributed by atoms with E-state index in [4.69, 9.17) is 0 Å². The molecule has 0 aromatic carbocycles. The molecular formula is C13H23N3. The molecule has 1 aromatic rings. The van der Waals surface area contributed by atoms with Gasteiger partial charge in [-0.05, 0) is 25.5 Å². The molecule has 0 spiro atoms. The van der Waals surface area contributed by atoms with E-state index in [9.17, 15) is 0 Å². The molecule has 1 N–H and O–H groups in total. The summed E-state index contributed by atoms with van der Waals surface area (Å²) in [5.74, 6) is 0. The fourth-order valence-corrected chi connectivity index (χ4v) is 1.53. The first-order valence-electron chi connectivity index (χ1n) is 6.05. The largest absolute Gasteiger partial charge is 0.311 e. The van der Waals surface area contributed by atoms with Gasteiger partial charge < -0.3 is 5.32 Å². The van der Waals surface area contributed by atoms with Crippen LogP contribution in [0.15, 0.2) is 17.8 Å². The summed E-state index contributed by atoms with van der Waals surface area (Å²) in [6.07, 6.45) is 5.19. The fourth-order valence-electron chi connectivity index (χ4n) is 1.53. The van der Waals surface area contributed by atoms with Gasteiger partial charge in [-0.15, -0.1) is 0 Å². The number of hydrogen-bond acceptors (Lipinski definition) is 2. The first-order chi connectivity index (χ1) is 7.63. The highest BCUT2D eigenvalue weighted by Crippen LogP contribution is 2.06. The van der Waals surface area contributed by atoms with Crippen molar-refractivity contribution in [2.24, 2.45) is 0 Å². The average Bonchev–Trinajstić information content (AvgIpc) is 2.63. The zero-order valence-electron chi connectivity index (χ0n) is 10.8. The fraction of sp³-hybridized carbons (Fsp3) is 0.615. The van der Waals surface area contributed by atoms with Crippen molar-refractivity contribution in [2.45, 2.75) is 46.7 Å². The van der Waals surface area contributed by atoms with E-state index in [1.807, 2.05) is 6.20 Å². The first-order valence-corrected chi connectivity index (χ1v) is 6.05. The van der Waals surface area contributed by atoms with Crippen LogP contribution in [0.5, 0.6) is 0 Å². The minimum Gasteiger partial charge on any atom is -0.311 e. The third-order valence-corrected chi connectivity index (χ3v) is 2.37. The maximum Gasteiger partial charge on any atom is 0.0609 e. The molecule has 0 amide bonds. The predicted molar refractivity (Wildman–Crippen MR) is 69.3 cm³/mol. The number of aryl methyl sites for hydroxylation is 1. The summed E-state index contributed by atoms with van der Waals surface area (Å²) in [5, 5.41) is 7.72. The minimum absolute atomic E-state index is 0.531. The monoisotopic (exact) mass is 221 g/mol. The van der Waals surface area contributed by atoms with E-state index in [1.165, 1.54) is 11.3 Å². The molecule has 0 atom stereocenters. The Labute approximate surface area is 98.5 Å². The van der Waals surface area contributed by atoms with Gasteiger partial charge in [-0.25, -0.2) is 0 Å². The van der Waals surface area contributed by atoms with Gasteiger partial charge in [0.15, 0.2) is 0 Å². The summed E-state index contributed by atoms with van der Waals surface area (Å²) in [6.45, 7) is 10.6. The lowest BCUT2D eigenvalue weighted by atomic mass is 10.2. The summed E-state index contributed by atoms with van der Waals surface area (Å²) < 4.78 is 2.05. The van der Waals surface area contributed by atoms with Crippen molar-refractivity contribution in [3.63, 3.8) is 0 Å². The molecule has 3 nitrogen and oxygen atoms in total. The van der Waals surface area contributed by atoms with Gasteiger partial charge in [-0.1, -0.05) is 26.3 Å². The number of rotatable bonds is 6. The molecule has 0 unspecified atom stereocenters. The number of hydrogen-bond donors (Lipinski definition) is 1. The Balaban J connectivity index is 2.62. The van der Waals surface area contributed by atoms with Crippen molar-refractivity contribution >= 4 is 6.08 Å². The molecule has 0 saturated carbocycles. The predicted octanol–water partition coefficient (Wildman–Crippen LogP) is 2.69. The van der Waals surface area contributed by atoms with Crippen LogP contribution in [0.2, 0.25) is 0 Å². The Bertz CT molecular complexity index is 337. The van der Waals surface area contributed by atoms with Gasteiger partial charge in [-0.2, -0.15) is 5.10 Å². The lowest BCUT2D eigenvalue weighted by Gasteiger charge is -2.08. The molecule has 1 rings (SSSR count). The molecule has 0 radical (unpaired) electrons. The standard InChI is InChI=1S/C13H23N3/c1-5-8-16-13(6-7-15-16)9-12(4)10-14-11(2)3/h6-7,9,11,14H,5,8,10H2,1-4H3/b12-9-. The van der Waals surface area contributed by atoms with Crippen molar-refractivity contribution in [2.75, 3.05) is 6.54 Å². The van der Waals surface area contributed by atoms with E-state index < -0.39 is 0 Å². The van der Waals surface area contributed by atoms with Crippen LogP contribution in [0.4, 0.5) is 0 Å². The second-order valence-electron chi connectivity index (χ2n) is 4.51. The van der Waals surface area contributed by atoms with Crippen LogP contribution in [0, 0.1) is 0 Å². The summed E-state index contributed by atoms with van der Waals surface area (Å²) in [4.78, 5) is 0. The van der Waals surface area contributed by atoms with Gasteiger partial charge in [-0.3, -0.25) is 4.68 Å². The summed E-state index contributed by atoms with van der Waals surface area (Å²) in [5.41, 5.74) is 2.54. The third kappa shape index (κ3) is 4.19. The molecule has 90 valence electrons. The van der Waals surface area contributed by atoms with Crippen molar-refractivity contribution in [1.82, 2.24) is 15.1 Å². The van der Waals surface area contributed by atoms with Crippen LogP contribution in [-0.2, 0) is 6.54 Å². The van der Waals surface area contributed by atoms with E-state index in [0.717, 1.165) is 19.5 Å². The molecule has 0 aliphatic carbocycles. The molecule has 1 aromatic heterocycles. The van der Waals surface area contributed by atoms with E-state index in [-0.39, 0.29) is 0 Å². The SMILES string of the molecule is CCCn1nccc1/C=C(/C)CNC(C)C. The normalized spacial score (nSPS) is 12.4. The van der Waals surface area contributed by atoms with E-state index in [2.05, 4.69) is 54.9 Å². The molecule has 3 heteroatoms. The van der Waals surface area contributed by atoms with Crippen LogP contribution >= 0.6 is 0 Å². The van der Waals surface area contributed by atoms with Gasteiger partial charge in [0.1, 0.15) is 0 Å². The molecule has 0 fully saturated rings.